The molecule has 2 aromatic carbocycles. The highest BCUT2D eigenvalue weighted by atomic mass is 16.2. The molecule has 0 unspecified atom stereocenters. The van der Waals surface area contributed by atoms with Crippen LogP contribution in [0.15, 0.2) is 42.5 Å². The lowest BCUT2D eigenvalue weighted by Crippen LogP contribution is -2.49. The van der Waals surface area contributed by atoms with Gasteiger partial charge in [-0.3, -0.25) is 4.79 Å². The third-order valence-corrected chi connectivity index (χ3v) is 4.65. The quantitative estimate of drug-likeness (QED) is 0.846. The lowest BCUT2D eigenvalue weighted by Gasteiger charge is -2.37. The van der Waals surface area contributed by atoms with Crippen molar-refractivity contribution in [2.45, 2.75) is 20.8 Å². The number of benzene rings is 2. The monoisotopic (exact) mass is 308 g/mol. The van der Waals surface area contributed by atoms with Gasteiger partial charge in [0.25, 0.3) is 5.91 Å². The van der Waals surface area contributed by atoms with Gasteiger partial charge in [0.2, 0.25) is 0 Å². The number of para-hydroxylation sites is 1. The van der Waals surface area contributed by atoms with Crippen molar-refractivity contribution >= 4 is 11.6 Å². The number of anilines is 1. The molecule has 1 amide bonds. The molecule has 0 aliphatic carbocycles. The highest BCUT2D eigenvalue weighted by Crippen LogP contribution is 2.22. The van der Waals surface area contributed by atoms with E-state index in [1.165, 1.54) is 11.3 Å². The minimum atomic E-state index is 0.163. The molecular formula is C20H24N2O. The topological polar surface area (TPSA) is 23.6 Å². The normalized spacial score (nSPS) is 14.9. The van der Waals surface area contributed by atoms with E-state index in [1.54, 1.807) is 0 Å². The van der Waals surface area contributed by atoms with Gasteiger partial charge in [-0.2, -0.15) is 0 Å². The summed E-state index contributed by atoms with van der Waals surface area (Å²) >= 11 is 0. The molecule has 0 radical (unpaired) electrons. The standard InChI is InChI=1S/C20H24N2O/c1-15-8-9-16(2)18(14-15)20(23)22-12-10-21(11-13-22)19-7-5-4-6-17(19)3/h4-9,14H,10-13H2,1-3H3. The average Bonchev–Trinajstić information content (AvgIpc) is 2.57. The van der Waals surface area contributed by atoms with Gasteiger partial charge >= 0.3 is 0 Å². The van der Waals surface area contributed by atoms with E-state index in [1.807, 2.05) is 30.9 Å². The lowest BCUT2D eigenvalue weighted by molar-refractivity contribution is 0.0746. The van der Waals surface area contributed by atoms with E-state index in [0.717, 1.165) is 42.9 Å². The number of piperazine rings is 1. The molecule has 2 aromatic rings. The molecule has 3 rings (SSSR count). The highest BCUT2D eigenvalue weighted by Gasteiger charge is 2.23. The van der Waals surface area contributed by atoms with Crippen LogP contribution in [0, 0.1) is 20.8 Å². The van der Waals surface area contributed by atoms with Crippen molar-refractivity contribution in [2.24, 2.45) is 0 Å². The molecule has 1 heterocycles. The number of aryl methyl sites for hydroxylation is 3. The summed E-state index contributed by atoms with van der Waals surface area (Å²) in [4.78, 5) is 17.2. The summed E-state index contributed by atoms with van der Waals surface area (Å²) in [5, 5.41) is 0. The SMILES string of the molecule is Cc1ccc(C)c(C(=O)N2CCN(c3ccccc3C)CC2)c1. The molecule has 0 bridgehead atoms. The predicted octanol–water partition coefficient (Wildman–Crippen LogP) is 3.57. The largest absolute Gasteiger partial charge is 0.368 e. The van der Waals surface area contributed by atoms with Crippen molar-refractivity contribution in [3.05, 3.63) is 64.7 Å². The van der Waals surface area contributed by atoms with E-state index in [-0.39, 0.29) is 5.91 Å². The fourth-order valence-electron chi connectivity index (χ4n) is 3.21. The van der Waals surface area contributed by atoms with Crippen molar-refractivity contribution in [3.63, 3.8) is 0 Å². The first-order valence-electron chi connectivity index (χ1n) is 8.23. The van der Waals surface area contributed by atoms with Gasteiger partial charge in [-0.25, -0.2) is 0 Å². The summed E-state index contributed by atoms with van der Waals surface area (Å²) in [6.45, 7) is 9.52. The Bertz CT molecular complexity index is 715. The second-order valence-corrected chi connectivity index (χ2v) is 6.38. The summed E-state index contributed by atoms with van der Waals surface area (Å²) in [7, 11) is 0. The maximum Gasteiger partial charge on any atom is 0.254 e. The molecule has 23 heavy (non-hydrogen) atoms. The molecule has 0 N–H and O–H groups in total. The molecule has 0 aromatic heterocycles. The number of amides is 1. The Labute approximate surface area is 138 Å². The molecule has 1 aliphatic heterocycles. The van der Waals surface area contributed by atoms with Crippen LogP contribution in [0.1, 0.15) is 27.0 Å². The number of nitrogens with zero attached hydrogens (tertiary/aromatic N) is 2. The first-order chi connectivity index (χ1) is 11.1. The maximum atomic E-state index is 12.8. The van der Waals surface area contributed by atoms with Crippen LogP contribution in [0.4, 0.5) is 5.69 Å². The second-order valence-electron chi connectivity index (χ2n) is 6.38. The van der Waals surface area contributed by atoms with Gasteiger partial charge in [0.1, 0.15) is 0 Å². The second kappa shape index (κ2) is 6.45. The van der Waals surface area contributed by atoms with Crippen molar-refractivity contribution in [3.8, 4) is 0 Å². The van der Waals surface area contributed by atoms with E-state index < -0.39 is 0 Å². The molecule has 0 saturated carbocycles. The van der Waals surface area contributed by atoms with Crippen molar-refractivity contribution in [1.82, 2.24) is 4.90 Å². The number of carbonyl (C=O) groups is 1. The number of hydrogen-bond acceptors (Lipinski definition) is 2. The van der Waals surface area contributed by atoms with Gasteiger partial charge in [-0.15, -0.1) is 0 Å². The molecule has 3 heteroatoms. The van der Waals surface area contributed by atoms with E-state index in [2.05, 4.69) is 42.2 Å². The Hall–Kier alpha value is -2.29. The molecule has 1 aliphatic rings. The number of carbonyl (C=O) groups excluding carboxylic acids is 1. The van der Waals surface area contributed by atoms with Gasteiger partial charge in [-0.1, -0.05) is 35.9 Å². The Morgan fingerprint density at radius 1 is 0.870 bits per heavy atom. The smallest absolute Gasteiger partial charge is 0.254 e. The van der Waals surface area contributed by atoms with Crippen LogP contribution in [0.5, 0.6) is 0 Å². The van der Waals surface area contributed by atoms with Gasteiger partial charge < -0.3 is 9.80 Å². The Balaban J connectivity index is 1.70. The number of rotatable bonds is 2. The highest BCUT2D eigenvalue weighted by molar-refractivity contribution is 5.96. The Kier molecular flexibility index (Phi) is 4.37. The zero-order valence-electron chi connectivity index (χ0n) is 14.2. The van der Waals surface area contributed by atoms with Crippen LogP contribution < -0.4 is 4.90 Å². The predicted molar refractivity (Wildman–Crippen MR) is 95.2 cm³/mol. The molecule has 0 spiro atoms. The maximum absolute atomic E-state index is 12.8. The minimum Gasteiger partial charge on any atom is -0.368 e. The van der Waals surface area contributed by atoms with Crippen LogP contribution in [-0.4, -0.2) is 37.0 Å². The summed E-state index contributed by atoms with van der Waals surface area (Å²) in [6, 6.07) is 14.6. The zero-order chi connectivity index (χ0) is 16.4. The molecule has 3 nitrogen and oxygen atoms in total. The van der Waals surface area contributed by atoms with Crippen LogP contribution in [0.2, 0.25) is 0 Å². The molecule has 0 atom stereocenters. The fourth-order valence-corrected chi connectivity index (χ4v) is 3.21. The fraction of sp³-hybridized carbons (Fsp3) is 0.350. The van der Waals surface area contributed by atoms with Crippen molar-refractivity contribution < 1.29 is 4.79 Å². The molecule has 1 fully saturated rings. The van der Waals surface area contributed by atoms with Crippen molar-refractivity contribution in [1.29, 1.82) is 0 Å². The third kappa shape index (κ3) is 3.24. The number of hydrogen-bond donors (Lipinski definition) is 0. The Morgan fingerprint density at radius 2 is 1.57 bits per heavy atom. The van der Waals surface area contributed by atoms with E-state index in [4.69, 9.17) is 0 Å². The van der Waals surface area contributed by atoms with Gasteiger partial charge in [0.15, 0.2) is 0 Å². The summed E-state index contributed by atoms with van der Waals surface area (Å²) < 4.78 is 0. The van der Waals surface area contributed by atoms with Crippen LogP contribution in [0.25, 0.3) is 0 Å². The Morgan fingerprint density at radius 3 is 2.26 bits per heavy atom. The minimum absolute atomic E-state index is 0.163. The van der Waals surface area contributed by atoms with Crippen LogP contribution in [-0.2, 0) is 0 Å². The van der Waals surface area contributed by atoms with Crippen LogP contribution >= 0.6 is 0 Å². The summed E-state index contributed by atoms with van der Waals surface area (Å²) in [5.41, 5.74) is 5.61. The van der Waals surface area contributed by atoms with Gasteiger partial charge in [0.05, 0.1) is 0 Å². The van der Waals surface area contributed by atoms with Gasteiger partial charge in [-0.05, 0) is 44.0 Å². The van der Waals surface area contributed by atoms with E-state index in [9.17, 15) is 4.79 Å². The molecule has 1 saturated heterocycles. The zero-order valence-corrected chi connectivity index (χ0v) is 14.2. The lowest BCUT2D eigenvalue weighted by atomic mass is 10.0. The van der Waals surface area contributed by atoms with E-state index in [0.29, 0.717) is 0 Å². The molecular weight excluding hydrogens is 284 g/mol. The molecule has 120 valence electrons. The van der Waals surface area contributed by atoms with Gasteiger partial charge in [0, 0.05) is 37.4 Å². The third-order valence-electron chi connectivity index (χ3n) is 4.65. The summed E-state index contributed by atoms with van der Waals surface area (Å²) in [6.07, 6.45) is 0. The summed E-state index contributed by atoms with van der Waals surface area (Å²) in [5.74, 6) is 0.163. The van der Waals surface area contributed by atoms with Crippen LogP contribution in [0.3, 0.4) is 0 Å². The first kappa shape index (κ1) is 15.6. The average molecular weight is 308 g/mol. The van der Waals surface area contributed by atoms with E-state index >= 15 is 0 Å². The first-order valence-corrected chi connectivity index (χ1v) is 8.23. The van der Waals surface area contributed by atoms with Crippen molar-refractivity contribution in [2.75, 3.05) is 31.1 Å².